The minimum Gasteiger partial charge on any atom is -0.349 e. The first-order valence-corrected chi connectivity index (χ1v) is 6.61. The van der Waals surface area contributed by atoms with Crippen LogP contribution >= 0.6 is 0 Å². The van der Waals surface area contributed by atoms with Gasteiger partial charge in [0, 0.05) is 17.7 Å². The maximum Gasteiger partial charge on any atom is 0.393 e. The third kappa shape index (κ3) is 3.92. The topological polar surface area (TPSA) is 29.1 Å². The lowest BCUT2D eigenvalue weighted by Gasteiger charge is -2.33. The van der Waals surface area contributed by atoms with Crippen LogP contribution in [-0.2, 0) is 0 Å². The lowest BCUT2D eigenvalue weighted by Crippen LogP contribution is -2.47. The molecule has 0 radical (unpaired) electrons. The molecule has 1 N–H and O–H groups in total. The molecule has 2 nitrogen and oxygen atoms in total. The summed E-state index contributed by atoms with van der Waals surface area (Å²) < 4.78 is 64.8. The molecule has 116 valence electrons. The van der Waals surface area contributed by atoms with E-state index in [1.807, 2.05) is 0 Å². The quantitative estimate of drug-likeness (QED) is 0.827. The third-order valence-corrected chi connectivity index (χ3v) is 3.63. The fourth-order valence-electron chi connectivity index (χ4n) is 2.63. The van der Waals surface area contributed by atoms with Gasteiger partial charge in [0.05, 0.1) is 5.92 Å². The van der Waals surface area contributed by atoms with Crippen molar-refractivity contribution in [1.29, 1.82) is 0 Å². The van der Waals surface area contributed by atoms with Gasteiger partial charge >= 0.3 is 6.18 Å². The number of halogens is 5. The van der Waals surface area contributed by atoms with E-state index in [-0.39, 0.29) is 18.4 Å². The summed E-state index contributed by atoms with van der Waals surface area (Å²) in [6.45, 7) is 0. The molecule has 1 amide bonds. The van der Waals surface area contributed by atoms with E-state index < -0.39 is 35.7 Å². The molecule has 0 saturated heterocycles. The number of hydrogen-bond acceptors (Lipinski definition) is 1. The molecule has 0 aliphatic heterocycles. The second-order valence-corrected chi connectivity index (χ2v) is 5.17. The Hall–Kier alpha value is -1.66. The van der Waals surface area contributed by atoms with Gasteiger partial charge in [-0.3, -0.25) is 4.79 Å². The van der Waals surface area contributed by atoms with Crippen LogP contribution in [0.25, 0.3) is 0 Å². The van der Waals surface area contributed by atoms with Gasteiger partial charge < -0.3 is 5.32 Å². The Kier molecular flexibility index (Phi) is 4.49. The molecule has 2 rings (SSSR count). The van der Waals surface area contributed by atoms with E-state index in [2.05, 4.69) is 5.32 Å². The second-order valence-electron chi connectivity index (χ2n) is 5.17. The first-order valence-electron chi connectivity index (χ1n) is 6.61. The molecule has 2 atom stereocenters. The average Bonchev–Trinajstić information content (AvgIpc) is 2.37. The molecule has 1 aromatic carbocycles. The van der Waals surface area contributed by atoms with Crippen LogP contribution in [0.1, 0.15) is 36.0 Å². The highest BCUT2D eigenvalue weighted by atomic mass is 19.4. The van der Waals surface area contributed by atoms with Gasteiger partial charge in [-0.2, -0.15) is 13.2 Å². The molecule has 1 aliphatic rings. The van der Waals surface area contributed by atoms with Crippen LogP contribution in [-0.4, -0.2) is 18.1 Å². The van der Waals surface area contributed by atoms with Gasteiger partial charge in [-0.05, 0) is 25.0 Å². The maximum atomic E-state index is 13.0. The monoisotopic (exact) mass is 307 g/mol. The van der Waals surface area contributed by atoms with Gasteiger partial charge in [-0.25, -0.2) is 8.78 Å². The van der Waals surface area contributed by atoms with E-state index in [1.54, 1.807) is 0 Å². The highest BCUT2D eigenvalue weighted by molar-refractivity contribution is 5.94. The summed E-state index contributed by atoms with van der Waals surface area (Å²) in [6.07, 6.45) is -3.22. The smallest absolute Gasteiger partial charge is 0.349 e. The lowest BCUT2D eigenvalue weighted by molar-refractivity contribution is -0.187. The van der Waals surface area contributed by atoms with Crippen LogP contribution in [0.15, 0.2) is 18.2 Å². The van der Waals surface area contributed by atoms with E-state index in [1.165, 1.54) is 0 Å². The van der Waals surface area contributed by atoms with Crippen LogP contribution < -0.4 is 5.32 Å². The summed E-state index contributed by atoms with van der Waals surface area (Å²) in [6, 6.07) is 1.13. The van der Waals surface area contributed by atoms with Gasteiger partial charge in [0.1, 0.15) is 11.6 Å². The number of carbonyl (C=O) groups excluding carboxylic acids is 1. The summed E-state index contributed by atoms with van der Waals surface area (Å²) >= 11 is 0. The molecule has 1 saturated carbocycles. The molecule has 0 unspecified atom stereocenters. The molecular formula is C14H14F5NO. The molecule has 1 aliphatic carbocycles. The fourth-order valence-corrected chi connectivity index (χ4v) is 2.63. The molecule has 0 spiro atoms. The maximum absolute atomic E-state index is 13.0. The Balaban J connectivity index is 2.13. The predicted molar refractivity (Wildman–Crippen MR) is 65.6 cm³/mol. The van der Waals surface area contributed by atoms with Crippen LogP contribution in [0.4, 0.5) is 22.0 Å². The van der Waals surface area contributed by atoms with E-state index in [4.69, 9.17) is 0 Å². The normalized spacial score (nSPS) is 22.9. The average molecular weight is 307 g/mol. The lowest BCUT2D eigenvalue weighted by atomic mass is 9.84. The highest BCUT2D eigenvalue weighted by Crippen LogP contribution is 2.37. The summed E-state index contributed by atoms with van der Waals surface area (Å²) in [4.78, 5) is 11.9. The summed E-state index contributed by atoms with van der Waals surface area (Å²) in [5.74, 6) is -4.41. The van der Waals surface area contributed by atoms with Crippen molar-refractivity contribution in [3.05, 3.63) is 35.4 Å². The van der Waals surface area contributed by atoms with E-state index in [0.717, 1.165) is 12.1 Å². The molecule has 7 heteroatoms. The molecule has 1 aromatic rings. The zero-order chi connectivity index (χ0) is 15.6. The van der Waals surface area contributed by atoms with Crippen LogP contribution in [0.2, 0.25) is 0 Å². The van der Waals surface area contributed by atoms with E-state index >= 15 is 0 Å². The summed E-state index contributed by atoms with van der Waals surface area (Å²) in [5.41, 5.74) is -0.320. The number of carbonyl (C=O) groups is 1. The van der Waals surface area contributed by atoms with Crippen LogP contribution in [0, 0.1) is 17.6 Å². The number of rotatable bonds is 2. The number of hydrogen-bond donors (Lipinski definition) is 1. The fraction of sp³-hybridized carbons (Fsp3) is 0.500. The Bertz CT molecular complexity index is 508. The SMILES string of the molecule is O=C(N[C@@H]1CCCC[C@H]1C(F)(F)F)c1cc(F)cc(F)c1. The number of nitrogens with one attached hydrogen (secondary N) is 1. The Morgan fingerprint density at radius 2 is 1.62 bits per heavy atom. The van der Waals surface area contributed by atoms with Crippen molar-refractivity contribution in [3.63, 3.8) is 0 Å². The van der Waals surface area contributed by atoms with Crippen molar-refractivity contribution in [1.82, 2.24) is 5.32 Å². The summed E-state index contributed by atoms with van der Waals surface area (Å²) in [5, 5.41) is 2.25. The molecule has 0 bridgehead atoms. The Morgan fingerprint density at radius 3 is 2.19 bits per heavy atom. The minimum absolute atomic E-state index is 0.0496. The number of benzene rings is 1. The van der Waals surface area contributed by atoms with Crippen molar-refractivity contribution < 1.29 is 26.7 Å². The largest absolute Gasteiger partial charge is 0.393 e. The van der Waals surface area contributed by atoms with Gasteiger partial charge in [-0.15, -0.1) is 0 Å². The van der Waals surface area contributed by atoms with Crippen molar-refractivity contribution in [2.24, 2.45) is 5.92 Å². The van der Waals surface area contributed by atoms with Crippen molar-refractivity contribution >= 4 is 5.91 Å². The minimum atomic E-state index is -4.40. The Morgan fingerprint density at radius 1 is 1.05 bits per heavy atom. The zero-order valence-electron chi connectivity index (χ0n) is 11.0. The zero-order valence-corrected chi connectivity index (χ0v) is 11.0. The molecule has 0 heterocycles. The van der Waals surface area contributed by atoms with Crippen molar-refractivity contribution in [3.8, 4) is 0 Å². The first-order chi connectivity index (χ1) is 9.77. The predicted octanol–water partition coefficient (Wildman–Crippen LogP) is 3.82. The van der Waals surface area contributed by atoms with Gasteiger partial charge in [0.2, 0.25) is 0 Å². The van der Waals surface area contributed by atoms with Gasteiger partial charge in [0.15, 0.2) is 0 Å². The van der Waals surface area contributed by atoms with Crippen LogP contribution in [0.3, 0.4) is 0 Å². The highest BCUT2D eigenvalue weighted by Gasteiger charge is 2.46. The molecule has 21 heavy (non-hydrogen) atoms. The Labute approximate surface area is 118 Å². The summed E-state index contributed by atoms with van der Waals surface area (Å²) in [7, 11) is 0. The third-order valence-electron chi connectivity index (χ3n) is 3.63. The van der Waals surface area contributed by atoms with Gasteiger partial charge in [-0.1, -0.05) is 12.8 Å². The second kappa shape index (κ2) is 5.99. The number of amides is 1. The molecule has 1 fully saturated rings. The van der Waals surface area contributed by atoms with E-state index in [9.17, 15) is 26.7 Å². The van der Waals surface area contributed by atoms with Crippen molar-refractivity contribution in [2.45, 2.75) is 37.9 Å². The van der Waals surface area contributed by atoms with Crippen molar-refractivity contribution in [2.75, 3.05) is 0 Å². The standard InChI is InChI=1S/C14H14F5NO/c15-9-5-8(6-10(16)7-9)13(21)20-12-4-2-1-3-11(12)14(17,18)19/h5-7,11-12H,1-4H2,(H,20,21)/t11-,12-/m1/s1. The van der Waals surface area contributed by atoms with Gasteiger partial charge in [0.25, 0.3) is 5.91 Å². The van der Waals surface area contributed by atoms with Crippen LogP contribution in [0.5, 0.6) is 0 Å². The van der Waals surface area contributed by atoms with E-state index in [0.29, 0.717) is 18.9 Å². The first kappa shape index (κ1) is 15.7. The molecule has 0 aromatic heterocycles. The molecular weight excluding hydrogens is 293 g/mol. The number of alkyl halides is 3.